The maximum absolute atomic E-state index is 5.98. The van der Waals surface area contributed by atoms with Crippen LogP contribution in [0.5, 0.6) is 0 Å². The van der Waals surface area contributed by atoms with E-state index in [1.165, 1.54) is 11.1 Å². The Morgan fingerprint density at radius 2 is 1.86 bits per heavy atom. The molecule has 1 aromatic heterocycles. The molecular formula is C22H32IN3O3. The highest BCUT2D eigenvalue weighted by atomic mass is 127. The molecule has 1 fully saturated rings. The molecule has 0 bridgehead atoms. The fourth-order valence-corrected chi connectivity index (χ4v) is 3.07. The highest BCUT2D eigenvalue weighted by Gasteiger charge is 2.13. The molecule has 2 N–H and O–H groups in total. The quantitative estimate of drug-likeness (QED) is 0.303. The summed E-state index contributed by atoms with van der Waals surface area (Å²) in [6.07, 6.45) is 4.85. The van der Waals surface area contributed by atoms with E-state index in [0.29, 0.717) is 19.3 Å². The maximum Gasteiger partial charge on any atom is 0.191 e. The van der Waals surface area contributed by atoms with Crippen LogP contribution in [0, 0.1) is 0 Å². The number of nitrogens with one attached hydrogen (secondary N) is 2. The third-order valence-electron chi connectivity index (χ3n) is 4.68. The van der Waals surface area contributed by atoms with Crippen molar-refractivity contribution in [2.45, 2.75) is 45.4 Å². The highest BCUT2D eigenvalue weighted by molar-refractivity contribution is 14.0. The van der Waals surface area contributed by atoms with Crippen molar-refractivity contribution in [3.63, 3.8) is 0 Å². The highest BCUT2D eigenvalue weighted by Crippen LogP contribution is 2.14. The lowest BCUT2D eigenvalue weighted by Crippen LogP contribution is -2.38. The van der Waals surface area contributed by atoms with E-state index in [9.17, 15) is 0 Å². The molecule has 2 heterocycles. The summed E-state index contributed by atoms with van der Waals surface area (Å²) < 4.78 is 16.7. The van der Waals surface area contributed by atoms with Gasteiger partial charge in [-0.3, -0.25) is 0 Å². The van der Waals surface area contributed by atoms with E-state index >= 15 is 0 Å². The van der Waals surface area contributed by atoms with Crippen LogP contribution in [0.2, 0.25) is 0 Å². The largest absolute Gasteiger partial charge is 0.469 e. The van der Waals surface area contributed by atoms with Crippen molar-refractivity contribution in [3.8, 4) is 0 Å². The van der Waals surface area contributed by atoms with Crippen molar-refractivity contribution >= 4 is 29.9 Å². The van der Waals surface area contributed by atoms with Gasteiger partial charge in [0.1, 0.15) is 5.76 Å². The minimum Gasteiger partial charge on any atom is -0.469 e. The van der Waals surface area contributed by atoms with E-state index in [1.807, 2.05) is 12.1 Å². The molecule has 29 heavy (non-hydrogen) atoms. The Balaban J connectivity index is 0.00000300. The Bertz CT molecular complexity index is 699. The SMILES string of the molecule is CCNC(=NCc1ccc(COC2CCOCC2)cc1)NCCc1ccco1.I. The smallest absolute Gasteiger partial charge is 0.191 e. The number of hydrogen-bond acceptors (Lipinski definition) is 4. The Kier molecular flexibility index (Phi) is 11.1. The molecule has 160 valence electrons. The van der Waals surface area contributed by atoms with Gasteiger partial charge in [0, 0.05) is 32.7 Å². The molecule has 2 aromatic rings. The van der Waals surface area contributed by atoms with E-state index in [-0.39, 0.29) is 24.0 Å². The van der Waals surface area contributed by atoms with E-state index in [0.717, 1.165) is 57.3 Å². The Morgan fingerprint density at radius 1 is 1.10 bits per heavy atom. The van der Waals surface area contributed by atoms with Crippen LogP contribution in [0.4, 0.5) is 0 Å². The molecule has 0 amide bonds. The van der Waals surface area contributed by atoms with Crippen molar-refractivity contribution in [1.29, 1.82) is 0 Å². The average molecular weight is 513 g/mol. The first-order valence-electron chi connectivity index (χ1n) is 10.1. The summed E-state index contributed by atoms with van der Waals surface area (Å²) in [5, 5.41) is 6.62. The van der Waals surface area contributed by atoms with Gasteiger partial charge in [0.15, 0.2) is 5.96 Å². The van der Waals surface area contributed by atoms with Crippen molar-refractivity contribution in [3.05, 3.63) is 59.5 Å². The minimum absolute atomic E-state index is 0. The van der Waals surface area contributed by atoms with Crippen LogP contribution in [0.1, 0.15) is 36.7 Å². The molecule has 0 saturated carbocycles. The number of guanidine groups is 1. The van der Waals surface area contributed by atoms with E-state index in [2.05, 4.69) is 46.8 Å². The second-order valence-corrected chi connectivity index (χ2v) is 6.89. The standard InChI is InChI=1S/C22H31N3O3.HI/c1-2-23-22(24-12-9-20-4-3-13-27-20)25-16-18-5-7-19(8-6-18)17-28-21-10-14-26-15-11-21;/h3-8,13,21H,2,9-12,14-17H2,1H3,(H2,23,24,25);1H. The van der Waals surface area contributed by atoms with E-state index in [1.54, 1.807) is 6.26 Å². The third-order valence-corrected chi connectivity index (χ3v) is 4.68. The lowest BCUT2D eigenvalue weighted by molar-refractivity contribution is -0.0390. The van der Waals surface area contributed by atoms with Crippen LogP contribution < -0.4 is 10.6 Å². The summed E-state index contributed by atoms with van der Waals surface area (Å²) in [6, 6.07) is 12.4. The predicted octanol–water partition coefficient (Wildman–Crippen LogP) is 3.89. The second kappa shape index (κ2) is 13.6. The van der Waals surface area contributed by atoms with Gasteiger partial charge in [0.25, 0.3) is 0 Å². The second-order valence-electron chi connectivity index (χ2n) is 6.89. The van der Waals surface area contributed by atoms with Crippen molar-refractivity contribution in [2.75, 3.05) is 26.3 Å². The van der Waals surface area contributed by atoms with Crippen LogP contribution in [0.15, 0.2) is 52.1 Å². The van der Waals surface area contributed by atoms with E-state index < -0.39 is 0 Å². The Labute approximate surface area is 190 Å². The molecule has 0 spiro atoms. The molecule has 3 rings (SSSR count). The molecule has 0 radical (unpaired) electrons. The van der Waals surface area contributed by atoms with Gasteiger partial charge < -0.3 is 24.5 Å². The normalized spacial score (nSPS) is 15.0. The van der Waals surface area contributed by atoms with Crippen LogP contribution in [0.3, 0.4) is 0 Å². The first-order chi connectivity index (χ1) is 13.8. The fraction of sp³-hybridized carbons (Fsp3) is 0.500. The summed E-state index contributed by atoms with van der Waals surface area (Å²) in [7, 11) is 0. The number of ether oxygens (including phenoxy) is 2. The number of halogens is 1. The Morgan fingerprint density at radius 3 is 2.55 bits per heavy atom. The Hall–Kier alpha value is -1.58. The number of furan rings is 1. The van der Waals surface area contributed by atoms with Gasteiger partial charge in [-0.25, -0.2) is 4.99 Å². The summed E-state index contributed by atoms with van der Waals surface area (Å²) in [5.74, 6) is 1.79. The number of hydrogen-bond donors (Lipinski definition) is 2. The van der Waals surface area contributed by atoms with Crippen molar-refractivity contribution in [1.82, 2.24) is 10.6 Å². The molecule has 1 aliphatic rings. The van der Waals surface area contributed by atoms with Gasteiger partial charge >= 0.3 is 0 Å². The molecule has 0 unspecified atom stereocenters. The van der Waals surface area contributed by atoms with Crippen molar-refractivity contribution in [2.24, 2.45) is 4.99 Å². The van der Waals surface area contributed by atoms with Crippen LogP contribution in [-0.4, -0.2) is 38.4 Å². The van der Waals surface area contributed by atoms with Crippen LogP contribution in [0.25, 0.3) is 0 Å². The van der Waals surface area contributed by atoms with Gasteiger partial charge in [0.2, 0.25) is 0 Å². The minimum atomic E-state index is 0. The van der Waals surface area contributed by atoms with E-state index in [4.69, 9.17) is 13.9 Å². The maximum atomic E-state index is 5.98. The zero-order valence-corrected chi connectivity index (χ0v) is 19.4. The molecule has 1 aliphatic heterocycles. The first kappa shape index (κ1) is 23.7. The van der Waals surface area contributed by atoms with Crippen LogP contribution in [-0.2, 0) is 29.0 Å². The lowest BCUT2D eigenvalue weighted by atomic mass is 10.1. The molecule has 1 saturated heterocycles. The topological polar surface area (TPSA) is 68.0 Å². The first-order valence-corrected chi connectivity index (χ1v) is 10.1. The predicted molar refractivity (Wildman–Crippen MR) is 126 cm³/mol. The average Bonchev–Trinajstić information content (AvgIpc) is 3.25. The number of benzene rings is 1. The summed E-state index contributed by atoms with van der Waals surface area (Å²) >= 11 is 0. The molecule has 0 aliphatic carbocycles. The third kappa shape index (κ3) is 8.76. The monoisotopic (exact) mass is 513 g/mol. The summed E-state index contributed by atoms with van der Waals surface area (Å²) in [5.41, 5.74) is 2.38. The number of aliphatic imine (C=N–C) groups is 1. The van der Waals surface area contributed by atoms with Crippen LogP contribution >= 0.6 is 24.0 Å². The molecule has 1 aromatic carbocycles. The fourth-order valence-electron chi connectivity index (χ4n) is 3.07. The van der Waals surface area contributed by atoms with Gasteiger partial charge in [0.05, 0.1) is 25.5 Å². The van der Waals surface area contributed by atoms with Gasteiger partial charge in [-0.15, -0.1) is 24.0 Å². The zero-order chi connectivity index (χ0) is 19.4. The van der Waals surface area contributed by atoms with Crippen molar-refractivity contribution < 1.29 is 13.9 Å². The van der Waals surface area contributed by atoms with Gasteiger partial charge in [-0.1, -0.05) is 24.3 Å². The summed E-state index contributed by atoms with van der Waals surface area (Å²) in [4.78, 5) is 4.67. The molecule has 6 nitrogen and oxygen atoms in total. The lowest BCUT2D eigenvalue weighted by Gasteiger charge is -2.22. The van der Waals surface area contributed by atoms with Gasteiger partial charge in [-0.2, -0.15) is 0 Å². The molecular weight excluding hydrogens is 481 g/mol. The number of rotatable bonds is 9. The summed E-state index contributed by atoms with van der Waals surface area (Å²) in [6.45, 7) is 6.59. The number of nitrogens with zero attached hydrogens (tertiary/aromatic N) is 1. The van der Waals surface area contributed by atoms with Gasteiger partial charge in [-0.05, 0) is 43.0 Å². The molecule has 7 heteroatoms. The molecule has 0 atom stereocenters. The zero-order valence-electron chi connectivity index (χ0n) is 17.1.